The molecule has 0 fully saturated rings. The fraction of sp³-hybridized carbons (Fsp3) is 0.214. The summed E-state index contributed by atoms with van der Waals surface area (Å²) in [5.41, 5.74) is 7.77. The van der Waals surface area contributed by atoms with Crippen molar-refractivity contribution in [3.8, 4) is 11.5 Å². The average Bonchev–Trinajstić information content (AvgIpc) is 2.33. The Hall–Kier alpha value is -1.87. The summed E-state index contributed by atoms with van der Waals surface area (Å²) < 4.78 is 5.74. The average molecular weight is 228 g/mol. The van der Waals surface area contributed by atoms with Crippen LogP contribution in [0.4, 0.5) is 0 Å². The Morgan fingerprint density at radius 1 is 1.18 bits per heavy atom. The number of benzene rings is 1. The first kappa shape index (κ1) is 11.6. The molecule has 3 nitrogen and oxygen atoms in total. The van der Waals surface area contributed by atoms with Crippen LogP contribution < -0.4 is 10.5 Å². The van der Waals surface area contributed by atoms with Gasteiger partial charge in [0.2, 0.25) is 0 Å². The normalized spacial score (nSPS) is 12.2. The van der Waals surface area contributed by atoms with Crippen LogP contribution in [-0.2, 0) is 0 Å². The molecule has 17 heavy (non-hydrogen) atoms. The number of nitrogens with two attached hydrogens (primary N) is 1. The lowest BCUT2D eigenvalue weighted by Crippen LogP contribution is -2.04. The topological polar surface area (TPSA) is 48.1 Å². The molecular weight excluding hydrogens is 212 g/mol. The van der Waals surface area contributed by atoms with Crippen LogP contribution in [0.15, 0.2) is 42.6 Å². The van der Waals surface area contributed by atoms with E-state index < -0.39 is 0 Å². The molecular formula is C14H16N2O. The van der Waals surface area contributed by atoms with Crippen molar-refractivity contribution < 1.29 is 4.74 Å². The van der Waals surface area contributed by atoms with Crippen LogP contribution in [0.25, 0.3) is 0 Å². The summed E-state index contributed by atoms with van der Waals surface area (Å²) in [6, 6.07) is 11.6. The minimum atomic E-state index is 0.0455. The van der Waals surface area contributed by atoms with E-state index in [1.165, 1.54) is 0 Å². The molecule has 1 atom stereocenters. The lowest BCUT2D eigenvalue weighted by Gasteiger charge is -2.09. The molecule has 0 aliphatic carbocycles. The molecule has 0 aliphatic heterocycles. The van der Waals surface area contributed by atoms with E-state index >= 15 is 0 Å². The smallest absolute Gasteiger partial charge is 0.148 e. The molecule has 0 amide bonds. The Labute approximate surface area is 101 Å². The fourth-order valence-corrected chi connectivity index (χ4v) is 1.54. The standard InChI is InChI=1S/C14H16N2O/c1-10(15)12-5-7-13(8-6-12)17-14-4-3-9-16-11(14)2/h3-10H,15H2,1-2H3/t10-/m1/s1. The van der Waals surface area contributed by atoms with Crippen molar-refractivity contribution in [2.45, 2.75) is 19.9 Å². The maximum atomic E-state index is 5.79. The van der Waals surface area contributed by atoms with E-state index in [4.69, 9.17) is 10.5 Å². The molecule has 0 saturated carbocycles. The van der Waals surface area contributed by atoms with Gasteiger partial charge in [0.1, 0.15) is 11.5 Å². The van der Waals surface area contributed by atoms with Crippen LogP contribution in [0.5, 0.6) is 11.5 Å². The first-order valence-electron chi connectivity index (χ1n) is 5.62. The maximum absolute atomic E-state index is 5.79. The zero-order valence-corrected chi connectivity index (χ0v) is 10.1. The molecule has 2 rings (SSSR count). The Morgan fingerprint density at radius 2 is 1.88 bits per heavy atom. The van der Waals surface area contributed by atoms with E-state index in [0.29, 0.717) is 0 Å². The summed E-state index contributed by atoms with van der Waals surface area (Å²) in [7, 11) is 0. The summed E-state index contributed by atoms with van der Waals surface area (Å²) in [4.78, 5) is 4.18. The molecule has 3 heteroatoms. The van der Waals surface area contributed by atoms with Crippen LogP contribution >= 0.6 is 0 Å². The van der Waals surface area contributed by atoms with Crippen molar-refractivity contribution in [3.05, 3.63) is 53.9 Å². The molecule has 0 unspecified atom stereocenters. The number of nitrogens with zero attached hydrogens (tertiary/aromatic N) is 1. The molecule has 2 aromatic rings. The van der Waals surface area contributed by atoms with E-state index in [1.54, 1.807) is 6.20 Å². The van der Waals surface area contributed by atoms with Crippen LogP contribution in [0.2, 0.25) is 0 Å². The summed E-state index contributed by atoms with van der Waals surface area (Å²) in [5.74, 6) is 1.58. The number of aryl methyl sites for hydroxylation is 1. The fourth-order valence-electron chi connectivity index (χ4n) is 1.54. The van der Waals surface area contributed by atoms with Crippen LogP contribution in [0.3, 0.4) is 0 Å². The monoisotopic (exact) mass is 228 g/mol. The zero-order chi connectivity index (χ0) is 12.3. The van der Waals surface area contributed by atoms with E-state index in [0.717, 1.165) is 22.8 Å². The quantitative estimate of drug-likeness (QED) is 0.877. The lowest BCUT2D eigenvalue weighted by molar-refractivity contribution is 0.475. The molecule has 0 radical (unpaired) electrons. The summed E-state index contributed by atoms with van der Waals surface area (Å²) in [6.07, 6.45) is 1.75. The number of aromatic nitrogens is 1. The number of hydrogen-bond acceptors (Lipinski definition) is 3. The van der Waals surface area contributed by atoms with Crippen LogP contribution in [-0.4, -0.2) is 4.98 Å². The highest BCUT2D eigenvalue weighted by Gasteiger charge is 2.03. The Balaban J connectivity index is 2.17. The third-order valence-corrected chi connectivity index (χ3v) is 2.59. The highest BCUT2D eigenvalue weighted by Crippen LogP contribution is 2.24. The highest BCUT2D eigenvalue weighted by atomic mass is 16.5. The molecule has 2 N–H and O–H groups in total. The molecule has 0 bridgehead atoms. The Bertz CT molecular complexity index is 492. The Morgan fingerprint density at radius 3 is 2.47 bits per heavy atom. The first-order chi connectivity index (χ1) is 8.16. The third kappa shape index (κ3) is 2.82. The maximum Gasteiger partial charge on any atom is 0.148 e. The van der Waals surface area contributed by atoms with Crippen molar-refractivity contribution in [2.75, 3.05) is 0 Å². The lowest BCUT2D eigenvalue weighted by atomic mass is 10.1. The van der Waals surface area contributed by atoms with E-state index in [1.807, 2.05) is 50.2 Å². The predicted molar refractivity (Wildman–Crippen MR) is 68.1 cm³/mol. The Kier molecular flexibility index (Phi) is 3.40. The van der Waals surface area contributed by atoms with Gasteiger partial charge >= 0.3 is 0 Å². The molecule has 0 saturated heterocycles. The van der Waals surface area contributed by atoms with Gasteiger partial charge in [-0.1, -0.05) is 12.1 Å². The number of hydrogen-bond donors (Lipinski definition) is 1. The van der Waals surface area contributed by atoms with Gasteiger partial charge in [0, 0.05) is 12.2 Å². The molecule has 1 heterocycles. The third-order valence-electron chi connectivity index (χ3n) is 2.59. The van der Waals surface area contributed by atoms with Crippen LogP contribution in [0.1, 0.15) is 24.2 Å². The second-order valence-electron chi connectivity index (χ2n) is 4.05. The molecule has 1 aromatic carbocycles. The summed E-state index contributed by atoms with van der Waals surface area (Å²) in [6.45, 7) is 3.88. The number of pyridine rings is 1. The second kappa shape index (κ2) is 4.97. The van der Waals surface area contributed by atoms with Gasteiger partial charge in [0.25, 0.3) is 0 Å². The minimum absolute atomic E-state index is 0.0455. The van der Waals surface area contributed by atoms with Gasteiger partial charge in [-0.2, -0.15) is 0 Å². The highest BCUT2D eigenvalue weighted by molar-refractivity contribution is 5.35. The first-order valence-corrected chi connectivity index (χ1v) is 5.62. The molecule has 0 aliphatic rings. The van der Waals surface area contributed by atoms with Gasteiger partial charge in [-0.15, -0.1) is 0 Å². The van der Waals surface area contributed by atoms with Gasteiger partial charge < -0.3 is 10.5 Å². The van der Waals surface area contributed by atoms with Crippen molar-refractivity contribution >= 4 is 0 Å². The SMILES string of the molecule is Cc1ncccc1Oc1ccc([C@@H](C)N)cc1. The van der Waals surface area contributed by atoms with Crippen molar-refractivity contribution in [3.63, 3.8) is 0 Å². The minimum Gasteiger partial charge on any atom is -0.455 e. The van der Waals surface area contributed by atoms with E-state index in [2.05, 4.69) is 4.98 Å². The number of ether oxygens (including phenoxy) is 1. The van der Waals surface area contributed by atoms with Gasteiger partial charge in [-0.3, -0.25) is 4.98 Å². The van der Waals surface area contributed by atoms with E-state index in [-0.39, 0.29) is 6.04 Å². The summed E-state index contributed by atoms with van der Waals surface area (Å²) in [5, 5.41) is 0. The second-order valence-corrected chi connectivity index (χ2v) is 4.05. The molecule has 1 aromatic heterocycles. The van der Waals surface area contributed by atoms with Crippen molar-refractivity contribution in [1.82, 2.24) is 4.98 Å². The van der Waals surface area contributed by atoms with Gasteiger partial charge in [-0.25, -0.2) is 0 Å². The largest absolute Gasteiger partial charge is 0.455 e. The summed E-state index contributed by atoms with van der Waals surface area (Å²) >= 11 is 0. The van der Waals surface area contributed by atoms with Crippen molar-refractivity contribution in [1.29, 1.82) is 0 Å². The predicted octanol–water partition coefficient (Wildman–Crippen LogP) is 3.20. The number of rotatable bonds is 3. The zero-order valence-electron chi connectivity index (χ0n) is 10.1. The van der Waals surface area contributed by atoms with Gasteiger partial charge in [0.05, 0.1) is 5.69 Å². The van der Waals surface area contributed by atoms with Crippen molar-refractivity contribution in [2.24, 2.45) is 5.73 Å². The van der Waals surface area contributed by atoms with E-state index in [9.17, 15) is 0 Å². The molecule has 0 spiro atoms. The molecule has 88 valence electrons. The van der Waals surface area contributed by atoms with Gasteiger partial charge in [-0.05, 0) is 43.7 Å². The van der Waals surface area contributed by atoms with Gasteiger partial charge in [0.15, 0.2) is 0 Å². The van der Waals surface area contributed by atoms with Crippen LogP contribution in [0, 0.1) is 6.92 Å².